The van der Waals surface area contributed by atoms with E-state index in [1.807, 2.05) is 25.1 Å². The smallest absolute Gasteiger partial charge is 0.319 e. The largest absolute Gasteiger partial charge is 0.508 e. The third kappa shape index (κ3) is 5.21. The minimum atomic E-state index is -3.18. The summed E-state index contributed by atoms with van der Waals surface area (Å²) in [6, 6.07) is 12.5. The molecule has 248 valence electrons. The van der Waals surface area contributed by atoms with Crippen molar-refractivity contribution < 1.29 is 27.0 Å². The Morgan fingerprint density at radius 1 is 1.06 bits per heavy atom. The van der Waals surface area contributed by atoms with E-state index in [0.29, 0.717) is 54.9 Å². The van der Waals surface area contributed by atoms with Crippen LogP contribution in [-0.4, -0.2) is 84.4 Å². The zero-order valence-electron chi connectivity index (χ0n) is 26.8. The molecule has 8 rings (SSSR count). The third-order valence-corrected chi connectivity index (χ3v) is 13.0. The maximum Gasteiger partial charge on any atom is 0.319 e. The monoisotopic (exact) mass is 662 g/mol. The number of halogens is 2. The summed E-state index contributed by atoms with van der Waals surface area (Å²) >= 11 is 0. The standard InChI is InChI=1S/C36H40F2N4O4S/c1-3-27-30(38)10-8-22-13-26(43)15-29(32(22)27)21-7-9-28-31(14-21)39-35(46-20-36-11-4-12-42(36)19-25(37)16-36)40-34(28)41-17-23-5-6-24(18-41)33(23)47(2,44)45/h7-10,13-15,23-25,33,43H,3-6,11-12,16-20H2,1-2H3/t23?,24?,25-,33?,36+/m1/s1. The van der Waals surface area contributed by atoms with Crippen LogP contribution in [0.25, 0.3) is 32.8 Å². The van der Waals surface area contributed by atoms with Crippen LogP contribution in [0.2, 0.25) is 0 Å². The summed E-state index contributed by atoms with van der Waals surface area (Å²) < 4.78 is 61.3. The summed E-state index contributed by atoms with van der Waals surface area (Å²) in [7, 11) is -3.18. The van der Waals surface area contributed by atoms with Crippen LogP contribution in [0.5, 0.6) is 11.8 Å². The zero-order valence-corrected chi connectivity index (χ0v) is 27.6. The Morgan fingerprint density at radius 2 is 1.85 bits per heavy atom. The number of aromatic hydroxyl groups is 1. The van der Waals surface area contributed by atoms with E-state index < -0.39 is 16.0 Å². The fourth-order valence-corrected chi connectivity index (χ4v) is 11.2. The van der Waals surface area contributed by atoms with Crippen molar-refractivity contribution in [2.24, 2.45) is 11.8 Å². The Morgan fingerprint density at radius 3 is 2.60 bits per heavy atom. The van der Waals surface area contributed by atoms with Crippen LogP contribution in [0.1, 0.15) is 44.6 Å². The summed E-state index contributed by atoms with van der Waals surface area (Å²) in [6.07, 6.45) is 4.98. The highest BCUT2D eigenvalue weighted by atomic mass is 32.2. The number of sulfone groups is 1. The van der Waals surface area contributed by atoms with Crippen molar-refractivity contribution in [3.63, 3.8) is 0 Å². The van der Waals surface area contributed by atoms with Gasteiger partial charge in [0.05, 0.1) is 16.3 Å². The van der Waals surface area contributed by atoms with Gasteiger partial charge in [-0.3, -0.25) is 4.90 Å². The summed E-state index contributed by atoms with van der Waals surface area (Å²) in [6.45, 7) is 4.62. The van der Waals surface area contributed by atoms with Gasteiger partial charge in [-0.25, -0.2) is 17.2 Å². The molecule has 11 heteroatoms. The van der Waals surface area contributed by atoms with Gasteiger partial charge in [0.25, 0.3) is 0 Å². The lowest BCUT2D eigenvalue weighted by molar-refractivity contribution is 0.107. The molecule has 4 aromatic rings. The number of aryl methyl sites for hydroxylation is 1. The molecule has 4 aliphatic rings. The molecular weight excluding hydrogens is 622 g/mol. The number of hydrogen-bond donors (Lipinski definition) is 1. The molecule has 3 aromatic carbocycles. The van der Waals surface area contributed by atoms with E-state index in [4.69, 9.17) is 14.7 Å². The number of phenolic OH excluding ortho intramolecular Hbond substituents is 1. The van der Waals surface area contributed by atoms with Crippen molar-refractivity contribution in [3.05, 3.63) is 53.8 Å². The molecule has 4 fully saturated rings. The average Bonchev–Trinajstić information content (AvgIpc) is 3.66. The van der Waals surface area contributed by atoms with Gasteiger partial charge in [0.2, 0.25) is 0 Å². The van der Waals surface area contributed by atoms with E-state index in [-0.39, 0.29) is 46.8 Å². The van der Waals surface area contributed by atoms with Gasteiger partial charge in [-0.05, 0) is 108 Å². The molecule has 1 aromatic heterocycles. The van der Waals surface area contributed by atoms with Gasteiger partial charge < -0.3 is 14.7 Å². The SMILES string of the molecule is CCc1c(F)ccc2cc(O)cc(-c3ccc4c(N5CC6CCC(C5)C6S(C)(=O)=O)nc(OC[C@@]56CCCN5C[C@H](F)C6)nc4c3)c12. The zero-order chi connectivity index (χ0) is 32.7. The number of piperidine rings is 1. The molecule has 1 N–H and O–H groups in total. The first-order valence-corrected chi connectivity index (χ1v) is 18.7. The van der Waals surface area contributed by atoms with Crippen LogP contribution in [0, 0.1) is 17.7 Å². The van der Waals surface area contributed by atoms with E-state index in [2.05, 4.69) is 9.80 Å². The number of nitrogens with zero attached hydrogens (tertiary/aromatic N) is 4. The van der Waals surface area contributed by atoms with Crippen LogP contribution in [0.3, 0.4) is 0 Å². The van der Waals surface area contributed by atoms with Gasteiger partial charge >= 0.3 is 6.01 Å². The summed E-state index contributed by atoms with van der Waals surface area (Å²) in [5, 5.41) is 12.6. The lowest BCUT2D eigenvalue weighted by Crippen LogP contribution is -2.48. The van der Waals surface area contributed by atoms with Crippen LogP contribution in [0.15, 0.2) is 42.5 Å². The van der Waals surface area contributed by atoms with Crippen LogP contribution in [0.4, 0.5) is 14.6 Å². The number of alkyl halides is 1. The van der Waals surface area contributed by atoms with Gasteiger partial charge in [0.1, 0.15) is 30.2 Å². The topological polar surface area (TPSA) is 95.9 Å². The molecule has 4 atom stereocenters. The summed E-state index contributed by atoms with van der Waals surface area (Å²) in [5.41, 5.74) is 2.31. The summed E-state index contributed by atoms with van der Waals surface area (Å²) in [5.74, 6) is 0.523. The Balaban J connectivity index is 1.24. The van der Waals surface area contributed by atoms with E-state index in [9.17, 15) is 17.9 Å². The first kappa shape index (κ1) is 30.7. The molecule has 47 heavy (non-hydrogen) atoms. The second kappa shape index (κ2) is 11.3. The minimum Gasteiger partial charge on any atom is -0.508 e. The highest BCUT2D eigenvalue weighted by molar-refractivity contribution is 7.91. The predicted octanol–water partition coefficient (Wildman–Crippen LogP) is 6.07. The molecule has 2 bridgehead atoms. The molecule has 0 spiro atoms. The van der Waals surface area contributed by atoms with Gasteiger partial charge in [0.15, 0.2) is 9.84 Å². The quantitative estimate of drug-likeness (QED) is 0.255. The molecule has 2 unspecified atom stereocenters. The average molecular weight is 663 g/mol. The lowest BCUT2D eigenvalue weighted by Gasteiger charge is -2.38. The number of phenols is 1. The number of rotatable bonds is 7. The Kier molecular flexibility index (Phi) is 7.36. The predicted molar refractivity (Wildman–Crippen MR) is 179 cm³/mol. The molecule has 0 amide bonds. The van der Waals surface area contributed by atoms with E-state index >= 15 is 4.39 Å². The summed E-state index contributed by atoms with van der Waals surface area (Å²) in [4.78, 5) is 14.2. The number of hydrogen-bond acceptors (Lipinski definition) is 8. The second-order valence-corrected chi connectivity index (χ2v) is 16.4. The van der Waals surface area contributed by atoms with Gasteiger partial charge in [0, 0.05) is 37.7 Å². The third-order valence-electron chi connectivity index (χ3n) is 11.2. The Bertz CT molecular complexity index is 1990. The van der Waals surface area contributed by atoms with Crippen LogP contribution < -0.4 is 9.64 Å². The van der Waals surface area contributed by atoms with Crippen molar-refractivity contribution in [1.29, 1.82) is 0 Å². The number of aromatic nitrogens is 2. The molecule has 3 saturated heterocycles. The number of anilines is 1. The molecule has 3 aliphatic heterocycles. The van der Waals surface area contributed by atoms with Crippen molar-refractivity contribution in [2.45, 2.75) is 62.4 Å². The van der Waals surface area contributed by atoms with Crippen molar-refractivity contribution in [2.75, 3.05) is 43.9 Å². The maximum absolute atomic E-state index is 15.0. The van der Waals surface area contributed by atoms with Gasteiger partial charge in [-0.15, -0.1) is 0 Å². The molecule has 1 aliphatic carbocycles. The highest BCUT2D eigenvalue weighted by Gasteiger charge is 2.50. The first-order chi connectivity index (χ1) is 22.5. The Hall–Kier alpha value is -3.57. The Labute approximate surface area is 273 Å². The molecule has 4 heterocycles. The van der Waals surface area contributed by atoms with Gasteiger partial charge in [-0.1, -0.05) is 19.1 Å². The number of ether oxygens (including phenoxy) is 1. The fourth-order valence-electron chi connectivity index (χ4n) is 9.33. The normalized spacial score (nSPS) is 27.6. The fraction of sp³-hybridized carbons (Fsp3) is 0.500. The van der Waals surface area contributed by atoms with E-state index in [0.717, 1.165) is 54.0 Å². The van der Waals surface area contributed by atoms with Crippen molar-refractivity contribution >= 4 is 37.3 Å². The molecular formula is C36H40F2N4O4S. The highest BCUT2D eigenvalue weighted by Crippen LogP contribution is 2.45. The van der Waals surface area contributed by atoms with Crippen LogP contribution >= 0.6 is 0 Å². The molecule has 1 saturated carbocycles. The van der Waals surface area contributed by atoms with E-state index in [1.54, 1.807) is 18.2 Å². The first-order valence-electron chi connectivity index (χ1n) is 16.7. The maximum atomic E-state index is 15.0. The van der Waals surface area contributed by atoms with E-state index in [1.165, 1.54) is 12.3 Å². The molecule has 0 radical (unpaired) electrons. The number of benzene rings is 3. The van der Waals surface area contributed by atoms with Crippen molar-refractivity contribution in [1.82, 2.24) is 14.9 Å². The number of fused-ring (bicyclic) bond motifs is 5. The van der Waals surface area contributed by atoms with Crippen molar-refractivity contribution in [3.8, 4) is 22.9 Å². The second-order valence-electron chi connectivity index (χ2n) is 14.2. The lowest BCUT2D eigenvalue weighted by atomic mass is 9.92. The minimum absolute atomic E-state index is 0.0179. The van der Waals surface area contributed by atoms with Gasteiger partial charge in [-0.2, -0.15) is 9.97 Å². The van der Waals surface area contributed by atoms with Crippen LogP contribution in [-0.2, 0) is 16.3 Å². The molecule has 8 nitrogen and oxygen atoms in total.